The zero-order valence-electron chi connectivity index (χ0n) is 12.8. The molecular weight excluding hydrogens is 258 g/mol. The largest absolute Gasteiger partial charge is 0.381 e. The lowest BCUT2D eigenvalue weighted by Gasteiger charge is -2.32. The molecule has 6 heteroatoms. The first-order chi connectivity index (χ1) is 9.66. The minimum Gasteiger partial charge on any atom is -0.381 e. The molecule has 2 heterocycles. The lowest BCUT2D eigenvalue weighted by Crippen LogP contribution is -2.36. The highest BCUT2D eigenvalue weighted by molar-refractivity contribution is 5.06. The van der Waals surface area contributed by atoms with E-state index < -0.39 is 5.60 Å². The SMILES string of the molecule is CCC(c1nc(C2(OC)CCOCC2)no1)C(C)NC. The predicted molar refractivity (Wildman–Crippen MR) is 74.6 cm³/mol. The number of hydrogen-bond donors (Lipinski definition) is 1. The van der Waals surface area contributed by atoms with Crippen molar-refractivity contribution in [2.45, 2.75) is 50.7 Å². The molecule has 1 aliphatic heterocycles. The average Bonchev–Trinajstić information content (AvgIpc) is 2.98. The maximum Gasteiger partial charge on any atom is 0.231 e. The van der Waals surface area contributed by atoms with Crippen molar-refractivity contribution in [3.8, 4) is 0 Å². The quantitative estimate of drug-likeness (QED) is 0.859. The van der Waals surface area contributed by atoms with Crippen molar-refractivity contribution in [1.29, 1.82) is 0 Å². The molecule has 2 atom stereocenters. The van der Waals surface area contributed by atoms with Gasteiger partial charge in [-0.15, -0.1) is 0 Å². The van der Waals surface area contributed by atoms with Gasteiger partial charge in [0.15, 0.2) is 0 Å². The Morgan fingerprint density at radius 1 is 1.40 bits per heavy atom. The van der Waals surface area contributed by atoms with Crippen molar-refractivity contribution in [3.63, 3.8) is 0 Å². The van der Waals surface area contributed by atoms with Crippen LogP contribution in [0.25, 0.3) is 0 Å². The first kappa shape index (κ1) is 15.4. The van der Waals surface area contributed by atoms with Crippen molar-refractivity contribution >= 4 is 0 Å². The van der Waals surface area contributed by atoms with Crippen LogP contribution in [0.1, 0.15) is 50.7 Å². The summed E-state index contributed by atoms with van der Waals surface area (Å²) < 4.78 is 16.6. The first-order valence-corrected chi connectivity index (χ1v) is 7.31. The van der Waals surface area contributed by atoms with Crippen LogP contribution in [0, 0.1) is 0 Å². The third kappa shape index (κ3) is 2.87. The van der Waals surface area contributed by atoms with Gasteiger partial charge in [0.05, 0.1) is 5.92 Å². The molecule has 6 nitrogen and oxygen atoms in total. The summed E-state index contributed by atoms with van der Waals surface area (Å²) >= 11 is 0. The molecule has 0 saturated carbocycles. The van der Waals surface area contributed by atoms with Crippen LogP contribution in [0.4, 0.5) is 0 Å². The van der Waals surface area contributed by atoms with Gasteiger partial charge in [0.1, 0.15) is 5.60 Å². The Morgan fingerprint density at radius 2 is 2.10 bits per heavy atom. The molecular formula is C14H25N3O3. The van der Waals surface area contributed by atoms with Crippen LogP contribution in [0.15, 0.2) is 4.52 Å². The molecule has 0 aliphatic carbocycles. The molecule has 0 radical (unpaired) electrons. The van der Waals surface area contributed by atoms with E-state index in [-0.39, 0.29) is 5.92 Å². The first-order valence-electron chi connectivity index (χ1n) is 7.31. The van der Waals surface area contributed by atoms with E-state index in [0.29, 0.717) is 31.0 Å². The minimum absolute atomic E-state index is 0.218. The monoisotopic (exact) mass is 283 g/mol. The Morgan fingerprint density at radius 3 is 2.65 bits per heavy atom. The Labute approximate surface area is 120 Å². The Kier molecular flexibility index (Phi) is 5.12. The smallest absolute Gasteiger partial charge is 0.231 e. The lowest BCUT2D eigenvalue weighted by molar-refractivity contribution is -0.101. The molecule has 1 aromatic rings. The van der Waals surface area contributed by atoms with Gasteiger partial charge in [0.25, 0.3) is 0 Å². The van der Waals surface area contributed by atoms with Gasteiger partial charge in [-0.1, -0.05) is 12.1 Å². The van der Waals surface area contributed by atoms with Gasteiger partial charge < -0.3 is 19.3 Å². The van der Waals surface area contributed by atoms with Crippen molar-refractivity contribution in [1.82, 2.24) is 15.5 Å². The normalized spacial score (nSPS) is 21.6. The zero-order chi connectivity index (χ0) is 14.6. The summed E-state index contributed by atoms with van der Waals surface area (Å²) in [7, 11) is 3.65. The van der Waals surface area contributed by atoms with Crippen LogP contribution < -0.4 is 5.32 Å². The van der Waals surface area contributed by atoms with Crippen LogP contribution in [0.5, 0.6) is 0 Å². The maximum atomic E-state index is 5.70. The van der Waals surface area contributed by atoms with Crippen LogP contribution in [-0.4, -0.2) is 43.6 Å². The standard InChI is InChI=1S/C14H25N3O3/c1-5-11(10(2)15-3)12-16-13(17-20-12)14(18-4)6-8-19-9-7-14/h10-11,15H,5-9H2,1-4H3. The topological polar surface area (TPSA) is 69.4 Å². The van der Waals surface area contributed by atoms with E-state index in [1.165, 1.54) is 0 Å². The van der Waals surface area contributed by atoms with Gasteiger partial charge >= 0.3 is 0 Å². The van der Waals surface area contributed by atoms with E-state index in [1.807, 2.05) is 7.05 Å². The molecule has 2 unspecified atom stereocenters. The third-order valence-corrected chi connectivity index (χ3v) is 4.36. The summed E-state index contributed by atoms with van der Waals surface area (Å²) in [5, 5.41) is 7.42. The second kappa shape index (κ2) is 6.65. The number of nitrogens with zero attached hydrogens (tertiary/aromatic N) is 2. The van der Waals surface area contributed by atoms with E-state index in [2.05, 4.69) is 29.3 Å². The number of hydrogen-bond acceptors (Lipinski definition) is 6. The molecule has 1 N–H and O–H groups in total. The molecule has 114 valence electrons. The highest BCUT2D eigenvalue weighted by Gasteiger charge is 2.39. The summed E-state index contributed by atoms with van der Waals surface area (Å²) in [5.74, 6) is 1.56. The molecule has 2 rings (SSSR count). The van der Waals surface area contributed by atoms with E-state index >= 15 is 0 Å². The fourth-order valence-corrected chi connectivity index (χ4v) is 2.73. The Hall–Kier alpha value is -0.980. The number of aromatic nitrogens is 2. The molecule has 0 amide bonds. The number of likely N-dealkylation sites (N-methyl/N-ethyl adjacent to an activating group) is 1. The van der Waals surface area contributed by atoms with Gasteiger partial charge in [-0.05, 0) is 20.4 Å². The fourth-order valence-electron chi connectivity index (χ4n) is 2.73. The summed E-state index contributed by atoms with van der Waals surface area (Å²) in [6.07, 6.45) is 2.48. The van der Waals surface area contributed by atoms with Crippen LogP contribution in [-0.2, 0) is 15.1 Å². The molecule has 1 saturated heterocycles. The molecule has 0 aromatic carbocycles. The second-order valence-electron chi connectivity index (χ2n) is 5.36. The highest BCUT2D eigenvalue weighted by Crippen LogP contribution is 2.34. The Bertz CT molecular complexity index is 416. The van der Waals surface area contributed by atoms with E-state index in [0.717, 1.165) is 19.3 Å². The van der Waals surface area contributed by atoms with Crippen molar-refractivity contribution in [2.24, 2.45) is 0 Å². The summed E-state index contributed by atoms with van der Waals surface area (Å²) in [6, 6.07) is 0.293. The van der Waals surface area contributed by atoms with Crippen LogP contribution in [0.2, 0.25) is 0 Å². The number of ether oxygens (including phenoxy) is 2. The van der Waals surface area contributed by atoms with Crippen molar-refractivity contribution in [3.05, 3.63) is 11.7 Å². The summed E-state index contributed by atoms with van der Waals surface area (Å²) in [4.78, 5) is 4.62. The average molecular weight is 283 g/mol. The lowest BCUT2D eigenvalue weighted by atomic mass is 9.93. The van der Waals surface area contributed by atoms with E-state index in [4.69, 9.17) is 14.0 Å². The molecule has 0 spiro atoms. The molecule has 1 fully saturated rings. The summed E-state index contributed by atoms with van der Waals surface area (Å²) in [5.41, 5.74) is -0.457. The van der Waals surface area contributed by atoms with Crippen LogP contribution in [0.3, 0.4) is 0 Å². The van der Waals surface area contributed by atoms with Gasteiger partial charge in [-0.25, -0.2) is 0 Å². The van der Waals surface area contributed by atoms with Gasteiger partial charge in [-0.3, -0.25) is 0 Å². The van der Waals surface area contributed by atoms with E-state index in [9.17, 15) is 0 Å². The molecule has 1 aliphatic rings. The predicted octanol–water partition coefficient (Wildman–Crippen LogP) is 1.82. The van der Waals surface area contributed by atoms with Gasteiger partial charge in [0, 0.05) is 39.2 Å². The van der Waals surface area contributed by atoms with Crippen molar-refractivity contribution < 1.29 is 14.0 Å². The zero-order valence-corrected chi connectivity index (χ0v) is 12.8. The molecule has 1 aromatic heterocycles. The molecule has 20 heavy (non-hydrogen) atoms. The second-order valence-corrected chi connectivity index (χ2v) is 5.36. The van der Waals surface area contributed by atoms with Gasteiger partial charge in [-0.2, -0.15) is 4.98 Å². The fraction of sp³-hybridized carbons (Fsp3) is 0.857. The number of rotatable bonds is 6. The number of nitrogens with one attached hydrogen (secondary N) is 1. The van der Waals surface area contributed by atoms with Crippen LogP contribution >= 0.6 is 0 Å². The highest BCUT2D eigenvalue weighted by atomic mass is 16.5. The van der Waals surface area contributed by atoms with Crippen molar-refractivity contribution in [2.75, 3.05) is 27.4 Å². The van der Waals surface area contributed by atoms with Gasteiger partial charge in [0.2, 0.25) is 11.7 Å². The number of methoxy groups -OCH3 is 1. The third-order valence-electron chi connectivity index (χ3n) is 4.36. The Balaban J connectivity index is 2.22. The minimum atomic E-state index is -0.457. The maximum absolute atomic E-state index is 5.70. The molecule has 0 bridgehead atoms. The summed E-state index contributed by atoms with van der Waals surface area (Å²) in [6.45, 7) is 5.59. The van der Waals surface area contributed by atoms with E-state index in [1.54, 1.807) is 7.11 Å².